The minimum Gasteiger partial charge on any atom is -0.310 e. The highest BCUT2D eigenvalue weighted by atomic mass is 79.9. The van der Waals surface area contributed by atoms with Crippen LogP contribution in [-0.4, -0.2) is 30.6 Å². The second kappa shape index (κ2) is 6.13. The fourth-order valence-electron chi connectivity index (χ4n) is 2.42. The first-order valence-electron chi connectivity index (χ1n) is 6.44. The minimum atomic E-state index is -0.141. The number of nitrogens with one attached hydrogen (secondary N) is 1. The van der Waals surface area contributed by atoms with Crippen molar-refractivity contribution in [3.8, 4) is 0 Å². The van der Waals surface area contributed by atoms with Gasteiger partial charge in [-0.25, -0.2) is 4.39 Å². The van der Waals surface area contributed by atoms with Crippen molar-refractivity contribution in [2.45, 2.75) is 38.4 Å². The number of rotatable bonds is 3. The third-order valence-electron chi connectivity index (χ3n) is 3.84. The highest BCUT2D eigenvalue weighted by molar-refractivity contribution is 9.10. The van der Waals surface area contributed by atoms with Gasteiger partial charge in [-0.15, -0.1) is 0 Å². The molecule has 0 aromatic heterocycles. The van der Waals surface area contributed by atoms with E-state index < -0.39 is 0 Å². The van der Waals surface area contributed by atoms with Gasteiger partial charge in [-0.05, 0) is 45.5 Å². The number of piperidine rings is 1. The van der Waals surface area contributed by atoms with Crippen LogP contribution in [0.1, 0.15) is 25.3 Å². The van der Waals surface area contributed by atoms with Crippen LogP contribution in [-0.2, 0) is 6.54 Å². The van der Waals surface area contributed by atoms with Gasteiger partial charge in [0.15, 0.2) is 0 Å². The van der Waals surface area contributed by atoms with Crippen molar-refractivity contribution in [2.24, 2.45) is 0 Å². The molecule has 1 aliphatic rings. The summed E-state index contributed by atoms with van der Waals surface area (Å²) in [4.78, 5) is 2.37. The Morgan fingerprint density at radius 2 is 2.28 bits per heavy atom. The lowest BCUT2D eigenvalue weighted by Gasteiger charge is -2.35. The normalized spacial score (nSPS) is 25.3. The maximum Gasteiger partial charge on any atom is 0.128 e. The van der Waals surface area contributed by atoms with Gasteiger partial charge in [0, 0.05) is 28.7 Å². The molecule has 0 bridgehead atoms. The summed E-state index contributed by atoms with van der Waals surface area (Å²) in [5.74, 6) is -0.141. The summed E-state index contributed by atoms with van der Waals surface area (Å²) in [6.07, 6.45) is 2.26. The second-order valence-corrected chi connectivity index (χ2v) is 5.99. The van der Waals surface area contributed by atoms with Crippen LogP contribution in [0.2, 0.25) is 0 Å². The predicted octanol–water partition coefficient (Wildman–Crippen LogP) is 3.16. The second-order valence-electron chi connectivity index (χ2n) is 5.13. The first-order chi connectivity index (χ1) is 8.58. The van der Waals surface area contributed by atoms with E-state index in [0.29, 0.717) is 18.6 Å². The molecule has 1 saturated heterocycles. The van der Waals surface area contributed by atoms with E-state index in [0.717, 1.165) is 29.4 Å². The average molecular weight is 315 g/mol. The van der Waals surface area contributed by atoms with E-state index in [-0.39, 0.29) is 5.82 Å². The van der Waals surface area contributed by atoms with Gasteiger partial charge in [-0.3, -0.25) is 0 Å². The van der Waals surface area contributed by atoms with Crippen LogP contribution in [0.4, 0.5) is 4.39 Å². The molecule has 2 nitrogen and oxygen atoms in total. The highest BCUT2D eigenvalue weighted by Gasteiger charge is 2.22. The predicted molar refractivity (Wildman–Crippen MR) is 76.1 cm³/mol. The summed E-state index contributed by atoms with van der Waals surface area (Å²) in [6.45, 7) is 3.94. The summed E-state index contributed by atoms with van der Waals surface area (Å²) < 4.78 is 14.5. The Morgan fingerprint density at radius 3 is 2.94 bits per heavy atom. The van der Waals surface area contributed by atoms with Crippen molar-refractivity contribution in [3.63, 3.8) is 0 Å². The summed E-state index contributed by atoms with van der Waals surface area (Å²) >= 11 is 3.41. The summed E-state index contributed by atoms with van der Waals surface area (Å²) in [5, 5.41) is 3.47. The zero-order chi connectivity index (χ0) is 13.1. The molecule has 1 aromatic rings. The van der Waals surface area contributed by atoms with Crippen molar-refractivity contribution >= 4 is 15.9 Å². The van der Waals surface area contributed by atoms with E-state index in [1.165, 1.54) is 6.07 Å². The molecule has 1 aromatic carbocycles. The number of hydrogen-bond acceptors (Lipinski definition) is 2. The van der Waals surface area contributed by atoms with Crippen LogP contribution in [0.15, 0.2) is 22.7 Å². The molecule has 1 aliphatic heterocycles. The van der Waals surface area contributed by atoms with Gasteiger partial charge < -0.3 is 10.2 Å². The monoisotopic (exact) mass is 314 g/mol. The summed E-state index contributed by atoms with van der Waals surface area (Å²) in [5.41, 5.74) is 0.726. The third kappa shape index (κ3) is 3.31. The fourth-order valence-corrected chi connectivity index (χ4v) is 2.90. The Bertz CT molecular complexity index is 391. The molecule has 2 rings (SSSR count). The zero-order valence-corrected chi connectivity index (χ0v) is 12.5. The zero-order valence-electron chi connectivity index (χ0n) is 10.9. The lowest BCUT2D eigenvalue weighted by molar-refractivity contribution is 0.168. The molecule has 1 fully saturated rings. The maximum atomic E-state index is 13.7. The Labute approximate surface area is 117 Å². The summed E-state index contributed by atoms with van der Waals surface area (Å²) in [7, 11) is 2.16. The molecular weight excluding hydrogens is 295 g/mol. The third-order valence-corrected chi connectivity index (χ3v) is 4.58. The molecule has 1 heterocycles. The summed E-state index contributed by atoms with van der Waals surface area (Å²) in [6, 6.07) is 6.21. The van der Waals surface area contributed by atoms with E-state index in [2.05, 4.69) is 40.1 Å². The van der Waals surface area contributed by atoms with Crippen molar-refractivity contribution in [2.75, 3.05) is 13.6 Å². The van der Waals surface area contributed by atoms with Crippen molar-refractivity contribution in [1.82, 2.24) is 10.2 Å². The fraction of sp³-hybridized carbons (Fsp3) is 0.571. The quantitative estimate of drug-likeness (QED) is 0.922. The van der Waals surface area contributed by atoms with E-state index in [1.807, 2.05) is 6.07 Å². The largest absolute Gasteiger partial charge is 0.310 e. The van der Waals surface area contributed by atoms with Gasteiger partial charge in [-0.2, -0.15) is 0 Å². The van der Waals surface area contributed by atoms with Gasteiger partial charge >= 0.3 is 0 Å². The molecule has 0 saturated carbocycles. The van der Waals surface area contributed by atoms with E-state index in [9.17, 15) is 4.39 Å². The van der Waals surface area contributed by atoms with E-state index >= 15 is 0 Å². The van der Waals surface area contributed by atoms with Crippen molar-refractivity contribution in [1.29, 1.82) is 0 Å². The number of halogens is 2. The average Bonchev–Trinajstić information content (AvgIpc) is 2.33. The molecule has 2 unspecified atom stereocenters. The van der Waals surface area contributed by atoms with E-state index in [1.54, 1.807) is 6.07 Å². The molecule has 0 spiro atoms. The molecule has 1 N–H and O–H groups in total. The standard InChI is InChI=1S/C14H20BrFN2/c1-10-8-11(6-7-18(10)2)17-9-12-13(15)4-3-5-14(12)16/h3-5,10-11,17H,6-9H2,1-2H3. The van der Waals surface area contributed by atoms with Crippen LogP contribution < -0.4 is 5.32 Å². The van der Waals surface area contributed by atoms with Crippen molar-refractivity contribution < 1.29 is 4.39 Å². The number of nitrogens with zero attached hydrogens (tertiary/aromatic N) is 1. The molecule has 0 aliphatic carbocycles. The topological polar surface area (TPSA) is 15.3 Å². The van der Waals surface area contributed by atoms with Crippen molar-refractivity contribution in [3.05, 3.63) is 34.1 Å². The first-order valence-corrected chi connectivity index (χ1v) is 7.23. The van der Waals surface area contributed by atoms with Gasteiger partial charge in [0.25, 0.3) is 0 Å². The number of benzene rings is 1. The van der Waals surface area contributed by atoms with Crippen LogP contribution in [0.3, 0.4) is 0 Å². The number of likely N-dealkylation sites (tertiary alicyclic amines) is 1. The van der Waals surface area contributed by atoms with Gasteiger partial charge in [0.05, 0.1) is 0 Å². The highest BCUT2D eigenvalue weighted by Crippen LogP contribution is 2.21. The molecule has 100 valence electrons. The molecule has 0 radical (unpaired) electrons. The molecule has 2 atom stereocenters. The Balaban J connectivity index is 1.92. The van der Waals surface area contributed by atoms with E-state index in [4.69, 9.17) is 0 Å². The lowest BCUT2D eigenvalue weighted by atomic mass is 9.98. The minimum absolute atomic E-state index is 0.141. The number of hydrogen-bond donors (Lipinski definition) is 1. The smallest absolute Gasteiger partial charge is 0.128 e. The molecule has 0 amide bonds. The Kier molecular flexibility index (Phi) is 4.76. The van der Waals surface area contributed by atoms with Crippen LogP contribution >= 0.6 is 15.9 Å². The Morgan fingerprint density at radius 1 is 1.50 bits per heavy atom. The van der Waals surface area contributed by atoms with Gasteiger partial charge in [-0.1, -0.05) is 22.0 Å². The SMILES string of the molecule is CC1CC(NCc2c(F)cccc2Br)CCN1C. The van der Waals surface area contributed by atoms with Crippen LogP contribution in [0.25, 0.3) is 0 Å². The van der Waals surface area contributed by atoms with Crippen LogP contribution in [0, 0.1) is 5.82 Å². The van der Waals surface area contributed by atoms with Gasteiger partial charge in [0.2, 0.25) is 0 Å². The molecule has 18 heavy (non-hydrogen) atoms. The first kappa shape index (κ1) is 14.0. The lowest BCUT2D eigenvalue weighted by Crippen LogP contribution is -2.45. The molecule has 4 heteroatoms. The maximum absolute atomic E-state index is 13.7. The Hall–Kier alpha value is -0.450. The van der Waals surface area contributed by atoms with Gasteiger partial charge in [0.1, 0.15) is 5.82 Å². The molecular formula is C14H20BrFN2. The van der Waals surface area contributed by atoms with Crippen LogP contribution in [0.5, 0.6) is 0 Å².